The summed E-state index contributed by atoms with van der Waals surface area (Å²) in [5.41, 5.74) is 1.96. The Morgan fingerprint density at radius 1 is 1.11 bits per heavy atom. The van der Waals surface area contributed by atoms with Crippen LogP contribution in [0.4, 0.5) is 4.39 Å². The SMILES string of the molecule is Fc1ccc(C(Cl)c2csc(Br)c2)c2ccccc12. The fourth-order valence-corrected chi connectivity index (χ4v) is 3.74. The zero-order valence-electron chi connectivity index (χ0n) is 9.74. The van der Waals surface area contributed by atoms with Gasteiger partial charge in [0.2, 0.25) is 0 Å². The summed E-state index contributed by atoms with van der Waals surface area (Å²) in [5, 5.41) is 3.22. The van der Waals surface area contributed by atoms with E-state index in [2.05, 4.69) is 15.9 Å². The second kappa shape index (κ2) is 5.23. The van der Waals surface area contributed by atoms with Crippen LogP contribution >= 0.6 is 38.9 Å². The summed E-state index contributed by atoms with van der Waals surface area (Å²) in [5.74, 6) is -0.213. The number of hydrogen-bond donors (Lipinski definition) is 0. The first-order valence-electron chi connectivity index (χ1n) is 5.72. The van der Waals surface area contributed by atoms with Crippen LogP contribution < -0.4 is 0 Å². The van der Waals surface area contributed by atoms with Gasteiger partial charge in [-0.2, -0.15) is 0 Å². The molecule has 0 aliphatic carbocycles. The average Bonchev–Trinajstić information content (AvgIpc) is 2.86. The predicted octanol–water partition coefficient (Wildman–Crippen LogP) is 6.13. The van der Waals surface area contributed by atoms with Gasteiger partial charge in [-0.1, -0.05) is 30.3 Å². The summed E-state index contributed by atoms with van der Waals surface area (Å²) in [6.45, 7) is 0. The van der Waals surface area contributed by atoms with Crippen LogP contribution in [0.1, 0.15) is 16.5 Å². The first-order chi connectivity index (χ1) is 9.16. The molecular formula is C15H9BrClFS. The Kier molecular flexibility index (Phi) is 3.61. The quantitative estimate of drug-likeness (QED) is 0.485. The molecule has 1 atom stereocenters. The molecule has 0 nitrogen and oxygen atoms in total. The molecule has 0 aliphatic rings. The van der Waals surface area contributed by atoms with Crippen molar-refractivity contribution in [3.05, 3.63) is 68.6 Å². The van der Waals surface area contributed by atoms with Crippen LogP contribution in [0, 0.1) is 5.82 Å². The van der Waals surface area contributed by atoms with Gasteiger partial charge in [0.05, 0.1) is 9.16 Å². The molecule has 1 aromatic heterocycles. The van der Waals surface area contributed by atoms with E-state index in [9.17, 15) is 4.39 Å². The first-order valence-corrected chi connectivity index (χ1v) is 7.83. The maximum Gasteiger partial charge on any atom is 0.131 e. The lowest BCUT2D eigenvalue weighted by molar-refractivity contribution is 0.639. The highest BCUT2D eigenvalue weighted by molar-refractivity contribution is 9.11. The molecule has 1 unspecified atom stereocenters. The highest BCUT2D eigenvalue weighted by atomic mass is 79.9. The van der Waals surface area contributed by atoms with Gasteiger partial charge in [-0.05, 0) is 50.0 Å². The second-order valence-electron chi connectivity index (χ2n) is 4.23. The molecule has 0 aliphatic heterocycles. The van der Waals surface area contributed by atoms with Gasteiger partial charge >= 0.3 is 0 Å². The van der Waals surface area contributed by atoms with E-state index in [-0.39, 0.29) is 11.2 Å². The lowest BCUT2D eigenvalue weighted by Crippen LogP contribution is -1.94. The van der Waals surface area contributed by atoms with E-state index in [0.29, 0.717) is 5.39 Å². The standard InChI is InChI=1S/C15H9BrClFS/c16-14-7-9(8-19-14)15(17)12-5-6-13(18)11-4-2-1-3-10(11)12/h1-8,15H. The van der Waals surface area contributed by atoms with Crippen LogP contribution in [0.15, 0.2) is 51.6 Å². The van der Waals surface area contributed by atoms with Crippen LogP contribution in [-0.4, -0.2) is 0 Å². The zero-order valence-corrected chi connectivity index (χ0v) is 12.9. The van der Waals surface area contributed by atoms with Crippen molar-refractivity contribution in [2.24, 2.45) is 0 Å². The van der Waals surface area contributed by atoms with Crippen molar-refractivity contribution >= 4 is 49.6 Å². The number of thiophene rings is 1. The molecule has 0 N–H and O–H groups in total. The monoisotopic (exact) mass is 354 g/mol. The largest absolute Gasteiger partial charge is 0.206 e. The highest BCUT2D eigenvalue weighted by Gasteiger charge is 2.16. The van der Waals surface area contributed by atoms with E-state index in [1.807, 2.05) is 29.6 Å². The van der Waals surface area contributed by atoms with Crippen LogP contribution in [-0.2, 0) is 0 Å². The van der Waals surface area contributed by atoms with Gasteiger partial charge in [0.25, 0.3) is 0 Å². The fourth-order valence-electron chi connectivity index (χ4n) is 2.14. The molecule has 96 valence electrons. The van der Waals surface area contributed by atoms with Crippen LogP contribution in [0.2, 0.25) is 0 Å². The molecule has 0 fully saturated rings. The van der Waals surface area contributed by atoms with Crippen LogP contribution in [0.25, 0.3) is 10.8 Å². The molecule has 0 spiro atoms. The number of alkyl halides is 1. The van der Waals surface area contributed by atoms with Crippen molar-refractivity contribution in [2.75, 3.05) is 0 Å². The molecule has 1 heterocycles. The normalized spacial score (nSPS) is 12.8. The van der Waals surface area contributed by atoms with Crippen molar-refractivity contribution < 1.29 is 4.39 Å². The summed E-state index contributed by atoms with van der Waals surface area (Å²) in [6.07, 6.45) is 0. The topological polar surface area (TPSA) is 0 Å². The molecule has 2 aromatic carbocycles. The van der Waals surface area contributed by atoms with Gasteiger partial charge in [0, 0.05) is 5.39 Å². The Hall–Kier alpha value is -0.900. The van der Waals surface area contributed by atoms with Crippen molar-refractivity contribution in [1.29, 1.82) is 0 Å². The highest BCUT2D eigenvalue weighted by Crippen LogP contribution is 2.37. The Morgan fingerprint density at radius 2 is 1.84 bits per heavy atom. The van der Waals surface area contributed by atoms with E-state index in [1.54, 1.807) is 23.5 Å². The van der Waals surface area contributed by atoms with Gasteiger partial charge in [0.15, 0.2) is 0 Å². The first kappa shape index (κ1) is 13.1. The minimum absolute atomic E-state index is 0.213. The molecule has 0 bridgehead atoms. The second-order valence-corrected chi connectivity index (χ2v) is 6.96. The maximum absolute atomic E-state index is 13.8. The third-order valence-electron chi connectivity index (χ3n) is 3.06. The van der Waals surface area contributed by atoms with Gasteiger partial charge in [-0.15, -0.1) is 22.9 Å². The van der Waals surface area contributed by atoms with E-state index in [1.165, 1.54) is 6.07 Å². The number of fused-ring (bicyclic) bond motifs is 1. The molecule has 0 radical (unpaired) electrons. The number of benzene rings is 2. The third-order valence-corrected chi connectivity index (χ3v) is 5.07. The molecule has 4 heteroatoms. The Morgan fingerprint density at radius 3 is 2.53 bits per heavy atom. The zero-order chi connectivity index (χ0) is 13.4. The summed E-state index contributed by atoms with van der Waals surface area (Å²) in [6, 6.07) is 12.7. The minimum Gasteiger partial charge on any atom is -0.206 e. The Balaban J connectivity index is 2.18. The van der Waals surface area contributed by atoms with E-state index >= 15 is 0 Å². The van der Waals surface area contributed by atoms with Crippen molar-refractivity contribution in [1.82, 2.24) is 0 Å². The van der Waals surface area contributed by atoms with Gasteiger partial charge < -0.3 is 0 Å². The molecular weight excluding hydrogens is 347 g/mol. The van der Waals surface area contributed by atoms with E-state index in [4.69, 9.17) is 11.6 Å². The summed E-state index contributed by atoms with van der Waals surface area (Å²) >= 11 is 11.6. The number of hydrogen-bond acceptors (Lipinski definition) is 1. The number of rotatable bonds is 2. The molecule has 3 aromatic rings. The minimum atomic E-state index is -0.270. The lowest BCUT2D eigenvalue weighted by atomic mass is 9.99. The molecule has 3 rings (SSSR count). The lowest BCUT2D eigenvalue weighted by Gasteiger charge is -2.12. The van der Waals surface area contributed by atoms with Crippen LogP contribution in [0.3, 0.4) is 0 Å². The molecule has 0 amide bonds. The fraction of sp³-hybridized carbons (Fsp3) is 0.0667. The maximum atomic E-state index is 13.8. The van der Waals surface area contributed by atoms with Crippen LogP contribution in [0.5, 0.6) is 0 Å². The van der Waals surface area contributed by atoms with Gasteiger partial charge in [-0.25, -0.2) is 4.39 Å². The molecule has 0 saturated heterocycles. The summed E-state index contributed by atoms with van der Waals surface area (Å²) in [7, 11) is 0. The van der Waals surface area contributed by atoms with Gasteiger partial charge in [0.1, 0.15) is 5.82 Å². The Labute approximate surface area is 128 Å². The molecule has 19 heavy (non-hydrogen) atoms. The third kappa shape index (κ3) is 2.42. The Bertz CT molecular complexity index is 738. The van der Waals surface area contributed by atoms with Crippen molar-refractivity contribution in [3.8, 4) is 0 Å². The van der Waals surface area contributed by atoms with Crippen molar-refractivity contribution in [2.45, 2.75) is 5.38 Å². The predicted molar refractivity (Wildman–Crippen MR) is 83.6 cm³/mol. The summed E-state index contributed by atoms with van der Waals surface area (Å²) in [4.78, 5) is 0. The smallest absolute Gasteiger partial charge is 0.131 e. The van der Waals surface area contributed by atoms with Crippen molar-refractivity contribution in [3.63, 3.8) is 0 Å². The molecule has 0 saturated carbocycles. The van der Waals surface area contributed by atoms with Gasteiger partial charge in [-0.3, -0.25) is 0 Å². The average molecular weight is 356 g/mol. The van der Waals surface area contributed by atoms with E-state index < -0.39 is 0 Å². The summed E-state index contributed by atoms with van der Waals surface area (Å²) < 4.78 is 14.8. The number of halogens is 3. The van der Waals surface area contributed by atoms with E-state index in [0.717, 1.165) is 20.3 Å².